The zero-order valence-electron chi connectivity index (χ0n) is 15.1. The van der Waals surface area contributed by atoms with E-state index in [9.17, 15) is 13.2 Å². The number of piperidine rings is 1. The van der Waals surface area contributed by atoms with Crippen molar-refractivity contribution in [2.24, 2.45) is 0 Å². The summed E-state index contributed by atoms with van der Waals surface area (Å²) in [6.45, 7) is 6.20. The SMILES string of the molecule is CC(C)(C)OC(=O)N1CCC[C@H](NS(=O)(=O)Cc2c(Cl)cccc2Cl)C1. The molecule has 1 aliphatic heterocycles. The van der Waals surface area contributed by atoms with E-state index in [0.717, 1.165) is 0 Å². The molecule has 146 valence electrons. The Morgan fingerprint density at radius 1 is 1.31 bits per heavy atom. The topological polar surface area (TPSA) is 75.7 Å². The quantitative estimate of drug-likeness (QED) is 0.799. The molecule has 1 aliphatic rings. The van der Waals surface area contributed by atoms with Gasteiger partial charge in [-0.2, -0.15) is 0 Å². The normalized spacial score (nSPS) is 18.7. The highest BCUT2D eigenvalue weighted by Gasteiger charge is 2.30. The largest absolute Gasteiger partial charge is 0.444 e. The van der Waals surface area contributed by atoms with E-state index in [2.05, 4.69) is 4.72 Å². The second-order valence-corrected chi connectivity index (χ2v) is 9.91. The lowest BCUT2D eigenvalue weighted by molar-refractivity contribution is 0.0195. The number of nitrogens with one attached hydrogen (secondary N) is 1. The zero-order valence-corrected chi connectivity index (χ0v) is 17.4. The molecule has 1 N–H and O–H groups in total. The summed E-state index contributed by atoms with van der Waals surface area (Å²) in [5.41, 5.74) is -0.229. The average molecular weight is 423 g/mol. The van der Waals surface area contributed by atoms with Crippen molar-refractivity contribution in [2.45, 2.75) is 51.0 Å². The van der Waals surface area contributed by atoms with Gasteiger partial charge in [0.1, 0.15) is 5.60 Å². The van der Waals surface area contributed by atoms with Crippen LogP contribution in [0.3, 0.4) is 0 Å². The highest BCUT2D eigenvalue weighted by Crippen LogP contribution is 2.26. The second-order valence-electron chi connectivity index (χ2n) is 7.34. The van der Waals surface area contributed by atoms with E-state index < -0.39 is 21.7 Å². The third-order valence-corrected chi connectivity index (χ3v) is 5.88. The predicted octanol–water partition coefficient (Wildman–Crippen LogP) is 3.81. The molecule has 0 spiro atoms. The molecule has 1 aromatic rings. The fourth-order valence-electron chi connectivity index (χ4n) is 2.72. The molecule has 1 saturated heterocycles. The molecule has 1 aromatic carbocycles. The molecule has 6 nitrogen and oxygen atoms in total. The number of likely N-dealkylation sites (tertiary alicyclic amines) is 1. The van der Waals surface area contributed by atoms with Crippen LogP contribution in [0.5, 0.6) is 0 Å². The first-order valence-electron chi connectivity index (χ1n) is 8.38. The molecule has 0 bridgehead atoms. The Hall–Kier alpha value is -1.02. The predicted molar refractivity (Wildman–Crippen MR) is 103 cm³/mol. The van der Waals surface area contributed by atoms with Crippen LogP contribution in [0.4, 0.5) is 4.79 Å². The van der Waals surface area contributed by atoms with E-state index in [0.29, 0.717) is 35.0 Å². The van der Waals surface area contributed by atoms with Gasteiger partial charge in [0.25, 0.3) is 0 Å². The summed E-state index contributed by atoms with van der Waals surface area (Å²) in [7, 11) is -3.66. The summed E-state index contributed by atoms with van der Waals surface area (Å²) in [4.78, 5) is 13.7. The smallest absolute Gasteiger partial charge is 0.410 e. The third kappa shape index (κ3) is 6.30. The van der Waals surface area contributed by atoms with Gasteiger partial charge in [-0.15, -0.1) is 0 Å². The molecular formula is C17H24Cl2N2O4S. The van der Waals surface area contributed by atoms with Crippen LogP contribution in [0.1, 0.15) is 39.2 Å². The lowest BCUT2D eigenvalue weighted by atomic mass is 10.1. The van der Waals surface area contributed by atoms with E-state index in [1.807, 2.05) is 0 Å². The first kappa shape index (κ1) is 21.3. The van der Waals surface area contributed by atoms with Crippen molar-refractivity contribution in [1.82, 2.24) is 9.62 Å². The summed E-state index contributed by atoms with van der Waals surface area (Å²) in [5, 5.41) is 0.615. The molecule has 0 radical (unpaired) electrons. The molecule has 1 heterocycles. The number of benzene rings is 1. The van der Waals surface area contributed by atoms with Gasteiger partial charge in [0.15, 0.2) is 0 Å². The van der Waals surface area contributed by atoms with Crippen molar-refractivity contribution in [2.75, 3.05) is 13.1 Å². The van der Waals surface area contributed by atoms with E-state index in [-0.39, 0.29) is 18.3 Å². The van der Waals surface area contributed by atoms with Gasteiger partial charge in [0, 0.05) is 34.7 Å². The molecule has 1 atom stereocenters. The number of amides is 1. The Labute approximate surface area is 164 Å². The number of hydrogen-bond acceptors (Lipinski definition) is 4. The van der Waals surface area contributed by atoms with Gasteiger partial charge in [-0.25, -0.2) is 17.9 Å². The maximum atomic E-state index is 12.5. The lowest BCUT2D eigenvalue weighted by Crippen LogP contribution is -2.50. The standard InChI is InChI=1S/C17H24Cl2N2O4S/c1-17(2,3)25-16(22)21-9-5-6-12(10-21)20-26(23,24)11-13-14(18)7-4-8-15(13)19/h4,7-8,12,20H,5-6,9-11H2,1-3H3/t12-/m0/s1. The van der Waals surface area contributed by atoms with Gasteiger partial charge in [-0.05, 0) is 45.7 Å². The first-order valence-corrected chi connectivity index (χ1v) is 10.8. The molecule has 1 amide bonds. The molecule has 0 unspecified atom stereocenters. The van der Waals surface area contributed by atoms with Crippen LogP contribution in [0.25, 0.3) is 0 Å². The van der Waals surface area contributed by atoms with Crippen LogP contribution >= 0.6 is 23.2 Å². The number of rotatable bonds is 4. The minimum Gasteiger partial charge on any atom is -0.444 e. The summed E-state index contributed by atoms with van der Waals surface area (Å²) in [6, 6.07) is 4.49. The number of carbonyl (C=O) groups excluding carboxylic acids is 1. The fourth-order valence-corrected chi connectivity index (χ4v) is 4.89. The Kier molecular flexibility index (Phi) is 6.82. The minimum absolute atomic E-state index is 0.268. The van der Waals surface area contributed by atoms with Crippen molar-refractivity contribution in [3.8, 4) is 0 Å². The molecule has 2 rings (SSSR count). The van der Waals surface area contributed by atoms with Crippen molar-refractivity contribution >= 4 is 39.3 Å². The van der Waals surface area contributed by atoms with Crippen molar-refractivity contribution < 1.29 is 17.9 Å². The highest BCUT2D eigenvalue weighted by atomic mass is 35.5. The van der Waals surface area contributed by atoms with Crippen LogP contribution in [0, 0.1) is 0 Å². The summed E-state index contributed by atoms with van der Waals surface area (Å²) in [6.07, 6.45) is 0.907. The zero-order chi connectivity index (χ0) is 19.5. The van der Waals surface area contributed by atoms with E-state index >= 15 is 0 Å². The van der Waals surface area contributed by atoms with E-state index in [1.54, 1.807) is 39.0 Å². The first-order chi connectivity index (χ1) is 12.0. The molecule has 1 fully saturated rings. The van der Waals surface area contributed by atoms with E-state index in [4.69, 9.17) is 27.9 Å². The highest BCUT2D eigenvalue weighted by molar-refractivity contribution is 7.88. The van der Waals surface area contributed by atoms with Gasteiger partial charge in [0.2, 0.25) is 10.0 Å². The van der Waals surface area contributed by atoms with Crippen LogP contribution < -0.4 is 4.72 Å². The van der Waals surface area contributed by atoms with Crippen molar-refractivity contribution in [3.63, 3.8) is 0 Å². The number of hydrogen-bond donors (Lipinski definition) is 1. The van der Waals surface area contributed by atoms with Crippen LogP contribution in [0.2, 0.25) is 10.0 Å². The minimum atomic E-state index is -3.66. The Balaban J connectivity index is 2.01. The monoisotopic (exact) mass is 422 g/mol. The van der Waals surface area contributed by atoms with E-state index in [1.165, 1.54) is 4.90 Å². The maximum absolute atomic E-state index is 12.5. The molecule has 0 saturated carbocycles. The Bertz CT molecular complexity index is 742. The molecule has 26 heavy (non-hydrogen) atoms. The van der Waals surface area contributed by atoms with Gasteiger partial charge in [0.05, 0.1) is 5.75 Å². The van der Waals surface area contributed by atoms with Crippen LogP contribution in [0.15, 0.2) is 18.2 Å². The number of nitrogens with zero attached hydrogens (tertiary/aromatic N) is 1. The summed E-state index contributed by atoms with van der Waals surface area (Å²) < 4.78 is 33.0. The van der Waals surface area contributed by atoms with Gasteiger partial charge >= 0.3 is 6.09 Å². The van der Waals surface area contributed by atoms with Crippen molar-refractivity contribution in [1.29, 1.82) is 0 Å². The van der Waals surface area contributed by atoms with Gasteiger partial charge in [-0.3, -0.25) is 0 Å². The average Bonchev–Trinajstić information content (AvgIpc) is 2.49. The maximum Gasteiger partial charge on any atom is 0.410 e. The van der Waals surface area contributed by atoms with Gasteiger partial charge < -0.3 is 9.64 Å². The van der Waals surface area contributed by atoms with Crippen molar-refractivity contribution in [3.05, 3.63) is 33.8 Å². The van der Waals surface area contributed by atoms with Gasteiger partial charge in [-0.1, -0.05) is 29.3 Å². The molecule has 0 aromatic heterocycles. The third-order valence-electron chi connectivity index (χ3n) is 3.82. The number of carbonyl (C=O) groups is 1. The number of sulfonamides is 1. The number of halogens is 2. The summed E-state index contributed by atoms with van der Waals surface area (Å²) in [5.74, 6) is -0.311. The van der Waals surface area contributed by atoms with Crippen LogP contribution in [-0.4, -0.2) is 44.1 Å². The Morgan fingerprint density at radius 2 is 1.92 bits per heavy atom. The lowest BCUT2D eigenvalue weighted by Gasteiger charge is -2.34. The summed E-state index contributed by atoms with van der Waals surface area (Å²) >= 11 is 12.1. The molecule has 0 aliphatic carbocycles. The second kappa shape index (κ2) is 8.33. The fraction of sp³-hybridized carbons (Fsp3) is 0.588. The molecule has 9 heteroatoms. The van der Waals surface area contributed by atoms with Crippen LogP contribution in [-0.2, 0) is 20.5 Å². The Morgan fingerprint density at radius 3 is 2.50 bits per heavy atom. The molecular weight excluding hydrogens is 399 g/mol. The number of ether oxygens (including phenoxy) is 1.